The maximum atomic E-state index is 13.5. The lowest BCUT2D eigenvalue weighted by Gasteiger charge is -2.26. The summed E-state index contributed by atoms with van der Waals surface area (Å²) in [6, 6.07) is 10.5. The number of benzene rings is 2. The van der Waals surface area contributed by atoms with Crippen LogP contribution in [-0.2, 0) is 13.1 Å². The van der Waals surface area contributed by atoms with Crippen molar-refractivity contribution in [2.75, 3.05) is 5.75 Å². The summed E-state index contributed by atoms with van der Waals surface area (Å²) in [5.41, 5.74) is 3.99. The van der Waals surface area contributed by atoms with Crippen molar-refractivity contribution in [3.05, 3.63) is 64.5 Å². The van der Waals surface area contributed by atoms with Crippen LogP contribution >= 0.6 is 11.8 Å². The molecule has 118 valence electrons. The Morgan fingerprint density at radius 1 is 1.17 bits per heavy atom. The van der Waals surface area contributed by atoms with Crippen LogP contribution in [0.25, 0.3) is 0 Å². The average molecular weight is 328 g/mol. The van der Waals surface area contributed by atoms with Crippen LogP contribution in [0, 0.1) is 5.82 Å². The fourth-order valence-electron chi connectivity index (χ4n) is 3.19. The van der Waals surface area contributed by atoms with E-state index >= 15 is 0 Å². The van der Waals surface area contributed by atoms with Crippen molar-refractivity contribution in [2.45, 2.75) is 30.4 Å². The van der Waals surface area contributed by atoms with Crippen LogP contribution in [0.4, 0.5) is 4.39 Å². The molecule has 4 rings (SSSR count). The summed E-state index contributed by atoms with van der Waals surface area (Å²) in [5.74, 6) is 0.582. The van der Waals surface area contributed by atoms with E-state index in [9.17, 15) is 9.18 Å². The molecule has 0 radical (unpaired) electrons. The van der Waals surface area contributed by atoms with Gasteiger partial charge in [-0.15, -0.1) is 11.8 Å². The van der Waals surface area contributed by atoms with E-state index in [4.69, 9.17) is 0 Å². The van der Waals surface area contributed by atoms with E-state index in [0.29, 0.717) is 5.56 Å². The third-order valence-corrected chi connectivity index (χ3v) is 5.54. The normalized spacial score (nSPS) is 19.1. The Kier molecular flexibility index (Phi) is 3.83. The number of halogens is 1. The molecule has 23 heavy (non-hydrogen) atoms. The number of carbonyl (C=O) groups is 1. The Hall–Kier alpha value is -1.85. The van der Waals surface area contributed by atoms with E-state index in [1.807, 2.05) is 18.2 Å². The van der Waals surface area contributed by atoms with Gasteiger partial charge in [-0.3, -0.25) is 4.79 Å². The first-order valence-electron chi connectivity index (χ1n) is 7.76. The van der Waals surface area contributed by atoms with Crippen molar-refractivity contribution in [1.29, 1.82) is 0 Å². The van der Waals surface area contributed by atoms with Crippen molar-refractivity contribution in [1.82, 2.24) is 10.6 Å². The minimum Gasteiger partial charge on any atom is -0.345 e. The molecule has 1 atom stereocenters. The van der Waals surface area contributed by atoms with Crippen LogP contribution in [-0.4, -0.2) is 11.7 Å². The van der Waals surface area contributed by atoms with Crippen LogP contribution in [0.15, 0.2) is 41.3 Å². The third kappa shape index (κ3) is 2.86. The summed E-state index contributed by atoms with van der Waals surface area (Å²) in [6.45, 7) is 1.67. The highest BCUT2D eigenvalue weighted by Gasteiger charge is 2.24. The summed E-state index contributed by atoms with van der Waals surface area (Å²) < 4.78 is 13.5. The number of hydrogen-bond donors (Lipinski definition) is 2. The first-order chi connectivity index (χ1) is 11.2. The molecule has 2 aliphatic rings. The summed E-state index contributed by atoms with van der Waals surface area (Å²) >= 11 is 1.71. The highest BCUT2D eigenvalue weighted by molar-refractivity contribution is 7.99. The zero-order valence-electron chi connectivity index (χ0n) is 12.6. The van der Waals surface area contributed by atoms with Gasteiger partial charge < -0.3 is 10.6 Å². The van der Waals surface area contributed by atoms with Gasteiger partial charge in [-0.25, -0.2) is 4.39 Å². The fourth-order valence-corrected chi connectivity index (χ4v) is 4.30. The Labute approximate surface area is 138 Å². The Bertz CT molecular complexity index is 778. The van der Waals surface area contributed by atoms with Gasteiger partial charge in [-0.2, -0.15) is 0 Å². The van der Waals surface area contributed by atoms with Gasteiger partial charge in [0.05, 0.1) is 6.04 Å². The maximum Gasteiger partial charge on any atom is 0.251 e. The quantitative estimate of drug-likeness (QED) is 0.888. The molecule has 0 saturated carbocycles. The number of amides is 1. The largest absolute Gasteiger partial charge is 0.345 e. The van der Waals surface area contributed by atoms with Gasteiger partial charge in [0.1, 0.15) is 5.82 Å². The van der Waals surface area contributed by atoms with Gasteiger partial charge in [-0.05, 0) is 53.4 Å². The Morgan fingerprint density at radius 3 is 2.96 bits per heavy atom. The topological polar surface area (TPSA) is 41.1 Å². The molecule has 0 spiro atoms. The summed E-state index contributed by atoms with van der Waals surface area (Å²) in [7, 11) is 0. The number of carbonyl (C=O) groups excluding carboxylic acids is 1. The Morgan fingerprint density at radius 2 is 2.04 bits per heavy atom. The molecule has 0 aromatic heterocycles. The summed E-state index contributed by atoms with van der Waals surface area (Å²) in [5, 5.41) is 6.35. The van der Waals surface area contributed by atoms with E-state index in [1.54, 1.807) is 23.9 Å². The summed E-state index contributed by atoms with van der Waals surface area (Å²) in [4.78, 5) is 13.6. The molecule has 2 aromatic rings. The minimum atomic E-state index is -0.255. The van der Waals surface area contributed by atoms with Crippen LogP contribution in [0.1, 0.15) is 39.5 Å². The molecule has 2 aromatic carbocycles. The second-order valence-corrected chi connectivity index (χ2v) is 7.07. The van der Waals surface area contributed by atoms with Crippen LogP contribution in [0.2, 0.25) is 0 Å². The fraction of sp³-hybridized carbons (Fsp3) is 0.278. The number of nitrogens with one attached hydrogen (secondary N) is 2. The highest BCUT2D eigenvalue weighted by atomic mass is 32.2. The first kappa shape index (κ1) is 14.7. The SMILES string of the molecule is O=C(NC1CCSc2ccc(F)cc21)c1ccc2c(c1)CNC2. The number of rotatable bonds is 2. The molecule has 0 fully saturated rings. The van der Waals surface area contributed by atoms with Crippen LogP contribution < -0.4 is 10.6 Å². The van der Waals surface area contributed by atoms with Gasteiger partial charge in [0, 0.05) is 29.3 Å². The smallest absolute Gasteiger partial charge is 0.251 e. The van der Waals surface area contributed by atoms with Crippen LogP contribution in [0.5, 0.6) is 0 Å². The zero-order valence-corrected chi connectivity index (χ0v) is 13.4. The van der Waals surface area contributed by atoms with Crippen LogP contribution in [0.3, 0.4) is 0 Å². The zero-order chi connectivity index (χ0) is 15.8. The van der Waals surface area contributed by atoms with E-state index in [1.165, 1.54) is 17.2 Å². The van der Waals surface area contributed by atoms with Gasteiger partial charge >= 0.3 is 0 Å². The molecule has 2 heterocycles. The molecule has 2 aliphatic heterocycles. The second-order valence-electron chi connectivity index (χ2n) is 5.93. The number of fused-ring (bicyclic) bond motifs is 2. The first-order valence-corrected chi connectivity index (χ1v) is 8.75. The molecule has 0 aliphatic carbocycles. The van der Waals surface area contributed by atoms with Crippen molar-refractivity contribution >= 4 is 17.7 Å². The molecular weight excluding hydrogens is 311 g/mol. The lowest BCUT2D eigenvalue weighted by molar-refractivity contribution is 0.0935. The lowest BCUT2D eigenvalue weighted by atomic mass is 10.0. The molecule has 1 amide bonds. The van der Waals surface area contributed by atoms with E-state index in [2.05, 4.69) is 10.6 Å². The van der Waals surface area contributed by atoms with Gasteiger partial charge in [0.2, 0.25) is 0 Å². The predicted molar refractivity (Wildman–Crippen MR) is 88.9 cm³/mol. The second kappa shape index (κ2) is 5.98. The monoisotopic (exact) mass is 328 g/mol. The molecule has 2 N–H and O–H groups in total. The van der Waals surface area contributed by atoms with Crippen molar-refractivity contribution in [2.24, 2.45) is 0 Å². The molecule has 0 saturated heterocycles. The van der Waals surface area contributed by atoms with Crippen molar-refractivity contribution < 1.29 is 9.18 Å². The van der Waals surface area contributed by atoms with Gasteiger partial charge in [0.25, 0.3) is 5.91 Å². The standard InChI is InChI=1S/C18H17FN2OS/c19-14-3-4-17-15(8-14)16(5-6-23-17)21-18(22)11-1-2-12-9-20-10-13(12)7-11/h1-4,7-8,16,20H,5-6,9-10H2,(H,21,22). The van der Waals surface area contributed by atoms with E-state index in [-0.39, 0.29) is 17.8 Å². The molecule has 0 bridgehead atoms. The van der Waals surface area contributed by atoms with E-state index < -0.39 is 0 Å². The van der Waals surface area contributed by atoms with Crippen molar-refractivity contribution in [3.8, 4) is 0 Å². The third-order valence-electron chi connectivity index (χ3n) is 4.42. The minimum absolute atomic E-state index is 0.0909. The highest BCUT2D eigenvalue weighted by Crippen LogP contribution is 2.36. The summed E-state index contributed by atoms with van der Waals surface area (Å²) in [6.07, 6.45) is 0.819. The number of hydrogen-bond acceptors (Lipinski definition) is 3. The predicted octanol–water partition coefficient (Wildman–Crippen LogP) is 3.40. The molecule has 1 unspecified atom stereocenters. The molecule has 5 heteroatoms. The van der Waals surface area contributed by atoms with Gasteiger partial charge in [0.15, 0.2) is 0 Å². The molecular formula is C18H17FN2OS. The van der Waals surface area contributed by atoms with E-state index in [0.717, 1.165) is 35.7 Å². The number of thioether (sulfide) groups is 1. The van der Waals surface area contributed by atoms with Crippen molar-refractivity contribution in [3.63, 3.8) is 0 Å². The average Bonchev–Trinajstić information content (AvgIpc) is 3.03. The van der Waals surface area contributed by atoms with Gasteiger partial charge in [-0.1, -0.05) is 6.07 Å². The maximum absolute atomic E-state index is 13.5. The molecule has 3 nitrogen and oxygen atoms in total. The lowest BCUT2D eigenvalue weighted by Crippen LogP contribution is -2.30. The Balaban J connectivity index is 1.57.